The predicted octanol–water partition coefficient (Wildman–Crippen LogP) is 5.71. The number of benzene rings is 1. The van der Waals surface area contributed by atoms with Crippen molar-refractivity contribution in [3.63, 3.8) is 0 Å². The first-order valence-electron chi connectivity index (χ1n) is 8.04. The summed E-state index contributed by atoms with van der Waals surface area (Å²) in [5.41, 5.74) is 1.37. The average molecular weight is 262 g/mol. The highest BCUT2D eigenvalue weighted by molar-refractivity contribution is 5.26. The standard InChI is InChI=1S/C18H30O/c1-3-5-7-9-16(10-8-6-4-2)15-17-11-13-18(19)14-12-17/h11-14,16,19H,3-10,15H2,1-2H3. The minimum absolute atomic E-state index is 0.372. The lowest BCUT2D eigenvalue weighted by molar-refractivity contribution is 0.408. The molecule has 0 unspecified atom stereocenters. The van der Waals surface area contributed by atoms with E-state index < -0.39 is 0 Å². The third-order valence-corrected chi connectivity index (χ3v) is 3.89. The molecule has 0 atom stereocenters. The summed E-state index contributed by atoms with van der Waals surface area (Å²) >= 11 is 0. The molecule has 1 rings (SSSR count). The van der Waals surface area contributed by atoms with E-state index in [4.69, 9.17) is 0 Å². The highest BCUT2D eigenvalue weighted by Crippen LogP contribution is 2.23. The predicted molar refractivity (Wildman–Crippen MR) is 83.6 cm³/mol. The molecule has 0 aliphatic carbocycles. The van der Waals surface area contributed by atoms with Crippen LogP contribution >= 0.6 is 0 Å². The molecule has 0 radical (unpaired) electrons. The van der Waals surface area contributed by atoms with Crippen LogP contribution in [0.3, 0.4) is 0 Å². The third kappa shape index (κ3) is 7.25. The Labute approximate surface area is 119 Å². The Hall–Kier alpha value is -0.980. The van der Waals surface area contributed by atoms with Crippen molar-refractivity contribution in [2.45, 2.75) is 71.6 Å². The molecule has 1 heteroatoms. The van der Waals surface area contributed by atoms with Crippen molar-refractivity contribution >= 4 is 0 Å². The van der Waals surface area contributed by atoms with E-state index in [9.17, 15) is 5.11 Å². The molecule has 0 amide bonds. The average Bonchev–Trinajstić information content (AvgIpc) is 2.41. The van der Waals surface area contributed by atoms with Crippen LogP contribution < -0.4 is 0 Å². The van der Waals surface area contributed by atoms with Crippen LogP contribution in [0.2, 0.25) is 0 Å². The van der Waals surface area contributed by atoms with Crippen LogP contribution in [0, 0.1) is 5.92 Å². The lowest BCUT2D eigenvalue weighted by atomic mass is 9.89. The Kier molecular flexibility index (Phi) is 8.36. The van der Waals surface area contributed by atoms with Crippen molar-refractivity contribution in [2.24, 2.45) is 5.92 Å². The molecule has 1 aromatic rings. The maximum absolute atomic E-state index is 9.34. The van der Waals surface area contributed by atoms with Crippen LogP contribution in [0.5, 0.6) is 5.75 Å². The van der Waals surface area contributed by atoms with Gasteiger partial charge in [0.15, 0.2) is 0 Å². The van der Waals surface area contributed by atoms with Crippen molar-refractivity contribution in [3.05, 3.63) is 29.8 Å². The molecule has 0 aliphatic rings. The summed E-state index contributed by atoms with van der Waals surface area (Å²) in [5, 5.41) is 9.34. The van der Waals surface area contributed by atoms with E-state index in [1.165, 1.54) is 63.4 Å². The summed E-state index contributed by atoms with van der Waals surface area (Å²) in [4.78, 5) is 0. The molecule has 0 aromatic heterocycles. The zero-order valence-electron chi connectivity index (χ0n) is 12.7. The molecule has 0 saturated heterocycles. The summed E-state index contributed by atoms with van der Waals surface area (Å²) in [7, 11) is 0. The highest BCUT2D eigenvalue weighted by atomic mass is 16.3. The van der Waals surface area contributed by atoms with E-state index in [0.717, 1.165) is 5.92 Å². The van der Waals surface area contributed by atoms with Gasteiger partial charge in [-0.1, -0.05) is 77.3 Å². The van der Waals surface area contributed by atoms with E-state index in [1.54, 1.807) is 0 Å². The first-order valence-corrected chi connectivity index (χ1v) is 8.04. The van der Waals surface area contributed by atoms with E-state index in [1.807, 2.05) is 12.1 Å². The smallest absolute Gasteiger partial charge is 0.115 e. The molecule has 1 aromatic carbocycles. The van der Waals surface area contributed by atoms with Gasteiger partial charge >= 0.3 is 0 Å². The number of hydrogen-bond donors (Lipinski definition) is 1. The largest absolute Gasteiger partial charge is 0.508 e. The molecule has 0 heterocycles. The number of rotatable bonds is 10. The maximum atomic E-state index is 9.34. The molecular formula is C18H30O. The monoisotopic (exact) mass is 262 g/mol. The summed E-state index contributed by atoms with van der Waals surface area (Å²) in [6.07, 6.45) is 12.0. The maximum Gasteiger partial charge on any atom is 0.115 e. The number of phenolic OH excluding ortho intramolecular Hbond substituents is 1. The Morgan fingerprint density at radius 1 is 0.842 bits per heavy atom. The van der Waals surface area contributed by atoms with Crippen molar-refractivity contribution in [3.8, 4) is 5.75 Å². The van der Waals surface area contributed by atoms with E-state index in [0.29, 0.717) is 5.75 Å². The fourth-order valence-electron chi connectivity index (χ4n) is 2.68. The molecule has 0 bridgehead atoms. The molecule has 1 nitrogen and oxygen atoms in total. The number of hydrogen-bond acceptors (Lipinski definition) is 1. The first-order chi connectivity index (χ1) is 9.26. The van der Waals surface area contributed by atoms with Crippen LogP contribution in [0.1, 0.15) is 70.8 Å². The second-order valence-corrected chi connectivity index (χ2v) is 5.73. The SMILES string of the molecule is CCCCCC(CCCCC)Cc1ccc(O)cc1. The van der Waals surface area contributed by atoms with Gasteiger partial charge in [0.05, 0.1) is 0 Å². The summed E-state index contributed by atoms with van der Waals surface area (Å²) in [5.74, 6) is 1.19. The highest BCUT2D eigenvalue weighted by Gasteiger charge is 2.09. The van der Waals surface area contributed by atoms with Gasteiger partial charge in [-0.05, 0) is 30.0 Å². The molecule has 0 saturated carbocycles. The van der Waals surface area contributed by atoms with Gasteiger partial charge in [-0.2, -0.15) is 0 Å². The van der Waals surface area contributed by atoms with Crippen LogP contribution in [-0.2, 0) is 6.42 Å². The Balaban J connectivity index is 2.44. The minimum atomic E-state index is 0.372. The van der Waals surface area contributed by atoms with Gasteiger partial charge in [-0.3, -0.25) is 0 Å². The molecular weight excluding hydrogens is 232 g/mol. The quantitative estimate of drug-likeness (QED) is 0.535. The van der Waals surface area contributed by atoms with E-state index in [2.05, 4.69) is 26.0 Å². The topological polar surface area (TPSA) is 20.2 Å². The second-order valence-electron chi connectivity index (χ2n) is 5.73. The molecule has 1 N–H and O–H groups in total. The zero-order valence-corrected chi connectivity index (χ0v) is 12.7. The summed E-state index contributed by atoms with van der Waals surface area (Å²) in [6, 6.07) is 7.76. The van der Waals surface area contributed by atoms with Crippen molar-refractivity contribution in [1.29, 1.82) is 0 Å². The van der Waals surface area contributed by atoms with Gasteiger partial charge in [0, 0.05) is 0 Å². The van der Waals surface area contributed by atoms with Crippen molar-refractivity contribution in [1.82, 2.24) is 0 Å². The first kappa shape index (κ1) is 16.1. The number of phenols is 1. The summed E-state index contributed by atoms with van der Waals surface area (Å²) in [6.45, 7) is 4.54. The zero-order chi connectivity index (χ0) is 13.9. The Morgan fingerprint density at radius 3 is 1.84 bits per heavy atom. The lowest BCUT2D eigenvalue weighted by Crippen LogP contribution is -2.05. The van der Waals surface area contributed by atoms with Gasteiger partial charge in [-0.25, -0.2) is 0 Å². The Morgan fingerprint density at radius 2 is 1.37 bits per heavy atom. The fraction of sp³-hybridized carbons (Fsp3) is 0.667. The minimum Gasteiger partial charge on any atom is -0.508 e. The second kappa shape index (κ2) is 9.89. The van der Waals surface area contributed by atoms with Gasteiger partial charge in [0.1, 0.15) is 5.75 Å². The normalized spacial score (nSPS) is 11.1. The van der Waals surface area contributed by atoms with Crippen LogP contribution in [-0.4, -0.2) is 5.11 Å². The van der Waals surface area contributed by atoms with Crippen LogP contribution in [0.15, 0.2) is 24.3 Å². The van der Waals surface area contributed by atoms with Gasteiger partial charge in [-0.15, -0.1) is 0 Å². The number of unbranched alkanes of at least 4 members (excludes halogenated alkanes) is 4. The van der Waals surface area contributed by atoms with Gasteiger partial charge in [0.2, 0.25) is 0 Å². The molecule has 0 spiro atoms. The van der Waals surface area contributed by atoms with E-state index in [-0.39, 0.29) is 0 Å². The van der Waals surface area contributed by atoms with Gasteiger partial charge in [0.25, 0.3) is 0 Å². The molecule has 19 heavy (non-hydrogen) atoms. The summed E-state index contributed by atoms with van der Waals surface area (Å²) < 4.78 is 0. The van der Waals surface area contributed by atoms with Crippen LogP contribution in [0.4, 0.5) is 0 Å². The molecule has 108 valence electrons. The molecule has 0 fully saturated rings. The van der Waals surface area contributed by atoms with Crippen molar-refractivity contribution < 1.29 is 5.11 Å². The lowest BCUT2D eigenvalue weighted by Gasteiger charge is -2.17. The fourth-order valence-corrected chi connectivity index (χ4v) is 2.68. The number of aromatic hydroxyl groups is 1. The van der Waals surface area contributed by atoms with E-state index >= 15 is 0 Å². The van der Waals surface area contributed by atoms with Gasteiger partial charge < -0.3 is 5.11 Å². The van der Waals surface area contributed by atoms with Crippen molar-refractivity contribution in [2.75, 3.05) is 0 Å². The third-order valence-electron chi connectivity index (χ3n) is 3.89. The molecule has 0 aliphatic heterocycles. The van der Waals surface area contributed by atoms with Crippen LogP contribution in [0.25, 0.3) is 0 Å². The Bertz CT molecular complexity index is 305.